The summed E-state index contributed by atoms with van der Waals surface area (Å²) >= 11 is 28.5. The molecule has 0 aliphatic rings. The molecule has 0 spiro atoms. The number of halogens is 5. The van der Waals surface area contributed by atoms with Crippen LogP contribution in [0.2, 0.25) is 25.1 Å². The molecular formula is C6H5BCl5NaO4. The predicted molar refractivity (Wildman–Crippen MR) is 73.1 cm³/mol. The molecule has 1 aromatic carbocycles. The maximum atomic E-state index is 8.60. The van der Waals surface area contributed by atoms with Crippen LogP contribution < -0.4 is 4.65 Å². The SMILES string of the molecule is O.OB(O)Oc1c(Cl)c(Cl)c(Cl)c(Cl)c1Cl.[NaH]. The second kappa shape index (κ2) is 8.56. The molecule has 0 aromatic heterocycles. The van der Waals surface area contributed by atoms with Crippen LogP contribution in [0.4, 0.5) is 0 Å². The molecule has 0 saturated heterocycles. The Balaban J connectivity index is 0. The Kier molecular flexibility index (Phi) is 10.4. The number of hydrogen-bond acceptors (Lipinski definition) is 3. The minimum absolute atomic E-state index is 0. The van der Waals surface area contributed by atoms with Crippen LogP contribution in [0.5, 0.6) is 5.75 Å². The van der Waals surface area contributed by atoms with Crippen LogP contribution in [-0.4, -0.2) is 52.4 Å². The molecule has 11 heteroatoms. The summed E-state index contributed by atoms with van der Waals surface area (Å²) in [7, 11) is -2.09. The first-order valence-corrected chi connectivity index (χ1v) is 5.29. The standard InChI is InChI=1S/C6H2BCl5O3.Na.H2O.H/c8-1-2(9)4(11)6(15-7(13)14)5(12)3(1)10;;;/h13-14H;;1H2;. The van der Waals surface area contributed by atoms with E-state index in [0.29, 0.717) is 0 Å². The third kappa shape index (κ3) is 4.78. The zero-order valence-corrected chi connectivity index (χ0v) is 11.0. The summed E-state index contributed by atoms with van der Waals surface area (Å²) in [4.78, 5) is 0. The van der Waals surface area contributed by atoms with Gasteiger partial charge in [0.2, 0.25) is 0 Å². The molecule has 0 aliphatic carbocycles. The van der Waals surface area contributed by atoms with Crippen molar-refractivity contribution in [3.63, 3.8) is 0 Å². The normalized spacial score (nSPS) is 9.12. The van der Waals surface area contributed by atoms with Crippen molar-refractivity contribution in [1.29, 1.82) is 0 Å². The Hall–Kier alpha value is 1.41. The zero-order chi connectivity index (χ0) is 11.7. The van der Waals surface area contributed by atoms with Crippen LogP contribution in [0.15, 0.2) is 0 Å². The average molecular weight is 352 g/mol. The summed E-state index contributed by atoms with van der Waals surface area (Å²) in [6.07, 6.45) is 0. The van der Waals surface area contributed by atoms with Crippen molar-refractivity contribution in [2.75, 3.05) is 0 Å². The molecule has 0 aliphatic heterocycles. The molecule has 92 valence electrons. The van der Waals surface area contributed by atoms with Crippen molar-refractivity contribution >= 4 is 94.9 Å². The van der Waals surface area contributed by atoms with E-state index in [9.17, 15) is 0 Å². The van der Waals surface area contributed by atoms with E-state index < -0.39 is 7.32 Å². The Labute approximate surface area is 144 Å². The fourth-order valence-electron chi connectivity index (χ4n) is 0.794. The molecule has 0 radical (unpaired) electrons. The molecule has 17 heavy (non-hydrogen) atoms. The second-order valence-corrected chi connectivity index (χ2v) is 4.23. The number of rotatable bonds is 2. The van der Waals surface area contributed by atoms with Crippen molar-refractivity contribution < 1.29 is 20.2 Å². The van der Waals surface area contributed by atoms with Gasteiger partial charge < -0.3 is 20.2 Å². The molecule has 4 nitrogen and oxygen atoms in total. The summed E-state index contributed by atoms with van der Waals surface area (Å²) < 4.78 is 4.51. The van der Waals surface area contributed by atoms with Gasteiger partial charge in [0.1, 0.15) is 15.8 Å². The van der Waals surface area contributed by atoms with Crippen LogP contribution in [0.25, 0.3) is 0 Å². The van der Waals surface area contributed by atoms with E-state index in [0.717, 1.165) is 0 Å². The summed E-state index contributed by atoms with van der Waals surface area (Å²) in [6, 6.07) is 0. The molecule has 1 rings (SSSR count). The monoisotopic (exact) mass is 350 g/mol. The minimum atomic E-state index is -2.09. The first kappa shape index (κ1) is 20.7. The van der Waals surface area contributed by atoms with Gasteiger partial charge in [0.25, 0.3) is 0 Å². The molecule has 0 saturated carbocycles. The van der Waals surface area contributed by atoms with Gasteiger partial charge >= 0.3 is 36.9 Å². The van der Waals surface area contributed by atoms with E-state index in [1.165, 1.54) is 0 Å². The van der Waals surface area contributed by atoms with Crippen molar-refractivity contribution in [2.24, 2.45) is 0 Å². The molecular weight excluding hydrogens is 347 g/mol. The molecule has 4 N–H and O–H groups in total. The fraction of sp³-hybridized carbons (Fsp3) is 0. The zero-order valence-electron chi connectivity index (χ0n) is 7.27. The van der Waals surface area contributed by atoms with Crippen molar-refractivity contribution in [3.8, 4) is 5.75 Å². The van der Waals surface area contributed by atoms with Gasteiger partial charge in [-0.2, -0.15) is 0 Å². The molecule has 0 amide bonds. The topological polar surface area (TPSA) is 81.2 Å². The van der Waals surface area contributed by atoms with Gasteiger partial charge in [-0.15, -0.1) is 0 Å². The van der Waals surface area contributed by atoms with Crippen LogP contribution in [0.1, 0.15) is 0 Å². The van der Waals surface area contributed by atoms with Crippen molar-refractivity contribution in [2.45, 2.75) is 0 Å². The van der Waals surface area contributed by atoms with E-state index in [2.05, 4.69) is 4.65 Å². The van der Waals surface area contributed by atoms with Gasteiger partial charge in [-0.05, 0) is 0 Å². The Bertz CT molecular complexity index is 375. The van der Waals surface area contributed by atoms with Gasteiger partial charge in [-0.25, -0.2) is 0 Å². The Morgan fingerprint density at radius 2 is 1.06 bits per heavy atom. The summed E-state index contributed by atoms with van der Waals surface area (Å²) in [6.45, 7) is 0. The van der Waals surface area contributed by atoms with E-state index in [-0.39, 0.29) is 65.9 Å². The average Bonchev–Trinajstić information content (AvgIpc) is 2.18. The molecule has 0 heterocycles. The summed E-state index contributed by atoms with van der Waals surface area (Å²) in [5.74, 6) is -0.243. The van der Waals surface area contributed by atoms with Gasteiger partial charge in [-0.1, -0.05) is 58.0 Å². The second-order valence-electron chi connectivity index (χ2n) is 2.34. The molecule has 0 atom stereocenters. The van der Waals surface area contributed by atoms with E-state index in [1.807, 2.05) is 0 Å². The van der Waals surface area contributed by atoms with Crippen LogP contribution in [0.3, 0.4) is 0 Å². The number of hydrogen-bond donors (Lipinski definition) is 2. The third-order valence-corrected chi connectivity index (χ3v) is 3.63. The third-order valence-electron chi connectivity index (χ3n) is 1.39. The van der Waals surface area contributed by atoms with E-state index in [1.54, 1.807) is 0 Å². The first-order chi connectivity index (χ1) is 6.86. The molecule has 0 fully saturated rings. The van der Waals surface area contributed by atoms with Crippen LogP contribution in [-0.2, 0) is 0 Å². The fourth-order valence-corrected chi connectivity index (χ4v) is 2.00. The summed E-state index contributed by atoms with van der Waals surface area (Å²) in [5.41, 5.74) is 0. The van der Waals surface area contributed by atoms with Crippen LogP contribution >= 0.6 is 58.0 Å². The first-order valence-electron chi connectivity index (χ1n) is 3.40. The Morgan fingerprint density at radius 3 is 1.35 bits per heavy atom. The summed E-state index contributed by atoms with van der Waals surface area (Å²) in [5, 5.41) is 16.7. The van der Waals surface area contributed by atoms with Gasteiger partial charge in [0, 0.05) is 0 Å². The van der Waals surface area contributed by atoms with E-state index >= 15 is 0 Å². The maximum absolute atomic E-state index is 8.60. The molecule has 1 aromatic rings. The molecule has 0 bridgehead atoms. The van der Waals surface area contributed by atoms with Gasteiger partial charge in [0.15, 0.2) is 0 Å². The van der Waals surface area contributed by atoms with Crippen LogP contribution in [0, 0.1) is 0 Å². The molecule has 0 unspecified atom stereocenters. The van der Waals surface area contributed by atoms with E-state index in [4.69, 9.17) is 68.1 Å². The quantitative estimate of drug-likeness (QED) is 0.484. The Morgan fingerprint density at radius 1 is 0.765 bits per heavy atom. The number of benzene rings is 1. The predicted octanol–water partition coefficient (Wildman–Crippen LogP) is 1.83. The van der Waals surface area contributed by atoms with Crippen molar-refractivity contribution in [3.05, 3.63) is 25.1 Å². The van der Waals surface area contributed by atoms with Gasteiger partial charge in [0.05, 0.1) is 15.1 Å². The van der Waals surface area contributed by atoms with Gasteiger partial charge in [-0.3, -0.25) is 0 Å². The van der Waals surface area contributed by atoms with Crippen molar-refractivity contribution in [1.82, 2.24) is 0 Å².